The molecule has 4 heteroatoms. The van der Waals surface area contributed by atoms with Crippen molar-refractivity contribution in [2.75, 3.05) is 0 Å². The molecule has 2 aromatic carbocycles. The van der Waals surface area contributed by atoms with Gasteiger partial charge in [-0.3, -0.25) is 4.39 Å². The van der Waals surface area contributed by atoms with E-state index in [9.17, 15) is 4.39 Å². The molecule has 0 saturated heterocycles. The molecule has 0 radical (unpaired) electrons. The van der Waals surface area contributed by atoms with Crippen LogP contribution >= 0.6 is 0 Å². The molecule has 2 rings (SSSR count). The molecule has 0 aromatic heterocycles. The second-order valence-electron chi connectivity index (χ2n) is 3.63. The van der Waals surface area contributed by atoms with Gasteiger partial charge >= 0.3 is 23.1 Å². The standard InChI is InChI=1S/C14H12FO.BrH.Mg/c1-11-6-8-12(9-7-11)10-16-14-5-3-2-4-13(14)15;;/h3-9H,10H2,1H3;1H;/q-1;;+2/p-1. The number of benzene rings is 2. The minimum atomic E-state index is -0.380. The molecule has 0 unspecified atom stereocenters. The van der Waals surface area contributed by atoms with Gasteiger partial charge in [0.15, 0.2) is 0 Å². The van der Waals surface area contributed by atoms with Crippen LogP contribution < -0.4 is 21.7 Å². The van der Waals surface area contributed by atoms with E-state index in [-0.39, 0.29) is 51.6 Å². The molecule has 0 bridgehead atoms. The van der Waals surface area contributed by atoms with Gasteiger partial charge in [-0.15, -0.1) is 12.1 Å². The summed E-state index contributed by atoms with van der Waals surface area (Å²) in [6.45, 7) is 2.40. The van der Waals surface area contributed by atoms with E-state index in [1.54, 1.807) is 12.1 Å². The maximum Gasteiger partial charge on any atom is 2.00 e. The number of ether oxygens (including phenoxy) is 1. The van der Waals surface area contributed by atoms with Crippen LogP contribution in [0.25, 0.3) is 0 Å². The third-order valence-corrected chi connectivity index (χ3v) is 2.29. The predicted octanol–water partition coefficient (Wildman–Crippen LogP) is 0.137. The first-order valence-corrected chi connectivity index (χ1v) is 5.09. The van der Waals surface area contributed by atoms with Gasteiger partial charge in [0.1, 0.15) is 6.61 Å². The second-order valence-corrected chi connectivity index (χ2v) is 3.63. The van der Waals surface area contributed by atoms with Crippen molar-refractivity contribution in [3.63, 3.8) is 0 Å². The van der Waals surface area contributed by atoms with Gasteiger partial charge < -0.3 is 21.7 Å². The zero-order valence-electron chi connectivity index (χ0n) is 10.1. The molecule has 0 aliphatic rings. The Kier molecular flexibility index (Phi) is 8.23. The van der Waals surface area contributed by atoms with Crippen molar-refractivity contribution in [2.45, 2.75) is 13.5 Å². The topological polar surface area (TPSA) is 9.23 Å². The van der Waals surface area contributed by atoms with Crippen LogP contribution in [0.2, 0.25) is 0 Å². The zero-order chi connectivity index (χ0) is 11.4. The Balaban J connectivity index is 0.00000144. The Morgan fingerprint density at radius 3 is 2.44 bits per heavy atom. The molecule has 0 atom stereocenters. The van der Waals surface area contributed by atoms with Crippen LogP contribution in [-0.2, 0) is 6.61 Å². The first-order valence-electron chi connectivity index (χ1n) is 5.09. The molecule has 0 heterocycles. The van der Waals surface area contributed by atoms with Gasteiger partial charge in [0.25, 0.3) is 0 Å². The SMILES string of the molecule is Cc1ccc(COc2cc[c-]cc2F)cc1.[Br-].[Mg+2]. The molecule has 0 aliphatic heterocycles. The smallest absolute Gasteiger partial charge is 1.00 e. The van der Waals surface area contributed by atoms with Crippen molar-refractivity contribution in [1.29, 1.82) is 0 Å². The van der Waals surface area contributed by atoms with Crippen molar-refractivity contribution in [1.82, 2.24) is 0 Å². The fourth-order valence-corrected chi connectivity index (χ4v) is 1.36. The van der Waals surface area contributed by atoms with Crippen LogP contribution in [0.15, 0.2) is 42.5 Å². The van der Waals surface area contributed by atoms with Crippen molar-refractivity contribution >= 4 is 23.1 Å². The van der Waals surface area contributed by atoms with Gasteiger partial charge in [-0.05, 0) is 12.5 Å². The Morgan fingerprint density at radius 1 is 1.17 bits per heavy atom. The molecule has 0 spiro atoms. The summed E-state index contributed by atoms with van der Waals surface area (Å²) in [6, 6.07) is 15.1. The Morgan fingerprint density at radius 2 is 1.83 bits per heavy atom. The van der Waals surface area contributed by atoms with Gasteiger partial charge in [-0.1, -0.05) is 29.8 Å². The molecular formula is C14H12BrFMgO. The Labute approximate surface area is 133 Å². The number of rotatable bonds is 3. The monoisotopic (exact) mass is 318 g/mol. The normalized spacial score (nSPS) is 9.00. The number of hydrogen-bond donors (Lipinski definition) is 0. The van der Waals surface area contributed by atoms with E-state index in [0.29, 0.717) is 6.61 Å². The number of hydrogen-bond acceptors (Lipinski definition) is 1. The van der Waals surface area contributed by atoms with Crippen LogP contribution in [0.5, 0.6) is 5.75 Å². The summed E-state index contributed by atoms with van der Waals surface area (Å²) in [5.41, 5.74) is 2.22. The van der Waals surface area contributed by atoms with Crippen molar-refractivity contribution in [3.8, 4) is 5.75 Å². The third kappa shape index (κ3) is 4.96. The average molecular weight is 319 g/mol. The summed E-state index contributed by atoms with van der Waals surface area (Å²) in [5.74, 6) is -0.117. The molecule has 0 N–H and O–H groups in total. The van der Waals surface area contributed by atoms with Gasteiger partial charge in [-0.25, -0.2) is 0 Å². The zero-order valence-corrected chi connectivity index (χ0v) is 13.1. The molecular weight excluding hydrogens is 307 g/mol. The summed E-state index contributed by atoms with van der Waals surface area (Å²) in [4.78, 5) is 0. The van der Waals surface area contributed by atoms with Crippen LogP contribution in [0.4, 0.5) is 4.39 Å². The van der Waals surface area contributed by atoms with Crippen molar-refractivity contribution in [2.24, 2.45) is 0 Å². The number of halogens is 2. The molecule has 90 valence electrons. The van der Waals surface area contributed by atoms with Crippen molar-refractivity contribution in [3.05, 3.63) is 65.5 Å². The summed E-state index contributed by atoms with van der Waals surface area (Å²) in [6.07, 6.45) is 0. The molecule has 0 aliphatic carbocycles. The van der Waals surface area contributed by atoms with Crippen LogP contribution in [0, 0.1) is 18.8 Å². The summed E-state index contributed by atoms with van der Waals surface area (Å²) >= 11 is 0. The van der Waals surface area contributed by atoms with E-state index in [1.807, 2.05) is 31.2 Å². The Hall–Kier alpha value is -0.584. The summed E-state index contributed by atoms with van der Waals surface area (Å²) < 4.78 is 18.6. The van der Waals surface area contributed by atoms with Crippen molar-refractivity contribution < 1.29 is 26.1 Å². The maximum atomic E-state index is 13.2. The minimum absolute atomic E-state index is 0. The van der Waals surface area contributed by atoms with Gasteiger partial charge in [-0.2, -0.15) is 12.1 Å². The fourth-order valence-electron chi connectivity index (χ4n) is 1.36. The molecule has 18 heavy (non-hydrogen) atoms. The molecule has 1 nitrogen and oxygen atoms in total. The minimum Gasteiger partial charge on any atom is -1.00 e. The quantitative estimate of drug-likeness (QED) is 0.578. The average Bonchev–Trinajstić information content (AvgIpc) is 2.30. The van der Waals surface area contributed by atoms with Gasteiger partial charge in [0.2, 0.25) is 0 Å². The second kappa shape index (κ2) is 8.51. The first kappa shape index (κ1) is 17.4. The van der Waals surface area contributed by atoms with Gasteiger partial charge in [0.05, 0.1) is 0 Å². The van der Waals surface area contributed by atoms with Crippen LogP contribution in [0.1, 0.15) is 11.1 Å². The summed E-state index contributed by atoms with van der Waals surface area (Å²) in [5, 5.41) is 0. The van der Waals surface area contributed by atoms with E-state index in [4.69, 9.17) is 4.74 Å². The maximum absolute atomic E-state index is 13.2. The Bertz CT molecular complexity index is 473. The molecule has 0 fully saturated rings. The summed E-state index contributed by atoms with van der Waals surface area (Å²) in [7, 11) is 0. The van der Waals surface area contributed by atoms with E-state index < -0.39 is 0 Å². The first-order chi connectivity index (χ1) is 7.75. The van der Waals surface area contributed by atoms with Crippen LogP contribution in [0.3, 0.4) is 0 Å². The molecule has 0 amide bonds. The predicted molar refractivity (Wildman–Crippen MR) is 66.5 cm³/mol. The largest absolute Gasteiger partial charge is 2.00 e. The van der Waals surface area contributed by atoms with E-state index in [0.717, 1.165) is 5.56 Å². The van der Waals surface area contributed by atoms with E-state index >= 15 is 0 Å². The van der Waals surface area contributed by atoms with E-state index in [1.165, 1.54) is 11.6 Å². The third-order valence-electron chi connectivity index (χ3n) is 2.29. The molecule has 2 aromatic rings. The molecule has 0 saturated carbocycles. The van der Waals surface area contributed by atoms with E-state index in [2.05, 4.69) is 6.07 Å². The van der Waals surface area contributed by atoms with Crippen LogP contribution in [-0.4, -0.2) is 23.1 Å². The number of aryl methyl sites for hydroxylation is 1. The van der Waals surface area contributed by atoms with Gasteiger partial charge in [0, 0.05) is 11.6 Å². The fraction of sp³-hybridized carbons (Fsp3) is 0.143.